The Kier molecular flexibility index (Phi) is 5.54. The van der Waals surface area contributed by atoms with E-state index >= 15 is 0 Å². The Morgan fingerprint density at radius 3 is 2.59 bits per heavy atom. The normalized spacial score (nSPS) is 13.1. The first-order chi connectivity index (χ1) is 13.0. The number of hydrogen-bond donors (Lipinski definition) is 1. The zero-order valence-electron chi connectivity index (χ0n) is 15.3. The molecule has 2 amide bonds. The molecule has 1 fully saturated rings. The largest absolute Gasteiger partial charge is 0.451 e. The fourth-order valence-corrected chi connectivity index (χ4v) is 2.58. The molecule has 8 heteroatoms. The van der Waals surface area contributed by atoms with E-state index in [1.54, 1.807) is 10.7 Å². The molecule has 1 aromatic heterocycles. The Balaban J connectivity index is 1.71. The summed E-state index contributed by atoms with van der Waals surface area (Å²) in [7, 11) is 2.97. The molecule has 3 rings (SSSR count). The van der Waals surface area contributed by atoms with Gasteiger partial charge in [-0.15, -0.1) is 0 Å². The molecule has 2 aromatic rings. The highest BCUT2D eigenvalue weighted by Crippen LogP contribution is 2.39. The van der Waals surface area contributed by atoms with Crippen LogP contribution in [0.25, 0.3) is 5.69 Å². The number of carbonyl (C=O) groups excluding carboxylic acids is 3. The number of likely N-dealkylation sites (N-methyl/N-ethyl adjacent to an activating group) is 2. The van der Waals surface area contributed by atoms with Gasteiger partial charge in [-0.3, -0.25) is 9.59 Å². The topological polar surface area (TPSA) is 93.5 Å². The van der Waals surface area contributed by atoms with Crippen molar-refractivity contribution in [2.75, 3.05) is 27.2 Å². The molecule has 8 nitrogen and oxygen atoms in total. The summed E-state index contributed by atoms with van der Waals surface area (Å²) < 4.78 is 6.73. The quantitative estimate of drug-likeness (QED) is 0.737. The average Bonchev–Trinajstić information content (AvgIpc) is 3.44. The maximum atomic E-state index is 12.6. The molecular formula is C19H22N4O4. The number of para-hydroxylation sites is 1. The third kappa shape index (κ3) is 4.52. The van der Waals surface area contributed by atoms with E-state index in [1.165, 1.54) is 19.0 Å². The van der Waals surface area contributed by atoms with Gasteiger partial charge in [-0.1, -0.05) is 18.2 Å². The van der Waals surface area contributed by atoms with Crippen molar-refractivity contribution in [2.45, 2.75) is 18.8 Å². The number of nitrogens with zero attached hydrogens (tertiary/aromatic N) is 3. The second-order valence-corrected chi connectivity index (χ2v) is 6.48. The van der Waals surface area contributed by atoms with Gasteiger partial charge in [-0.25, -0.2) is 9.48 Å². The van der Waals surface area contributed by atoms with E-state index in [0.717, 1.165) is 24.2 Å². The van der Waals surface area contributed by atoms with Crippen LogP contribution in [0.2, 0.25) is 0 Å². The molecule has 0 saturated heterocycles. The molecule has 142 valence electrons. The molecule has 0 spiro atoms. The third-order valence-corrected chi connectivity index (χ3v) is 4.35. The zero-order chi connectivity index (χ0) is 19.4. The van der Waals surface area contributed by atoms with Crippen LogP contribution in [0.15, 0.2) is 36.4 Å². The molecule has 0 bridgehead atoms. The van der Waals surface area contributed by atoms with Crippen molar-refractivity contribution in [1.29, 1.82) is 0 Å². The molecule has 1 heterocycles. The molecule has 1 aromatic carbocycles. The van der Waals surface area contributed by atoms with Crippen molar-refractivity contribution in [3.8, 4) is 5.69 Å². The summed E-state index contributed by atoms with van der Waals surface area (Å²) in [5.41, 5.74) is 1.89. The summed E-state index contributed by atoms with van der Waals surface area (Å²) in [5, 5.41) is 6.98. The van der Waals surface area contributed by atoms with Gasteiger partial charge in [-0.2, -0.15) is 5.10 Å². The van der Waals surface area contributed by atoms with E-state index in [9.17, 15) is 14.4 Å². The predicted octanol–water partition coefficient (Wildman–Crippen LogP) is 1.11. The first-order valence-electron chi connectivity index (χ1n) is 8.76. The van der Waals surface area contributed by atoms with Crippen molar-refractivity contribution < 1.29 is 19.1 Å². The van der Waals surface area contributed by atoms with Crippen molar-refractivity contribution in [3.05, 3.63) is 47.8 Å². The molecule has 0 aliphatic heterocycles. The van der Waals surface area contributed by atoms with Gasteiger partial charge in [0.05, 0.1) is 17.9 Å². The molecule has 0 radical (unpaired) electrons. The van der Waals surface area contributed by atoms with E-state index in [-0.39, 0.29) is 18.1 Å². The van der Waals surface area contributed by atoms with E-state index < -0.39 is 18.5 Å². The van der Waals surface area contributed by atoms with E-state index in [4.69, 9.17) is 4.74 Å². The van der Waals surface area contributed by atoms with Gasteiger partial charge in [0.25, 0.3) is 5.91 Å². The average molecular weight is 370 g/mol. The molecular weight excluding hydrogens is 348 g/mol. The van der Waals surface area contributed by atoms with Crippen molar-refractivity contribution in [1.82, 2.24) is 20.0 Å². The zero-order valence-corrected chi connectivity index (χ0v) is 15.3. The van der Waals surface area contributed by atoms with Crippen LogP contribution in [0.4, 0.5) is 0 Å². The minimum atomic E-state index is -0.625. The van der Waals surface area contributed by atoms with E-state index in [1.807, 2.05) is 30.3 Å². The minimum Gasteiger partial charge on any atom is -0.451 e. The summed E-state index contributed by atoms with van der Waals surface area (Å²) in [6.07, 6.45) is 2.12. The lowest BCUT2D eigenvalue weighted by Gasteiger charge is -2.16. The number of ether oxygens (including phenoxy) is 1. The van der Waals surface area contributed by atoms with Crippen molar-refractivity contribution >= 4 is 17.8 Å². The first-order valence-corrected chi connectivity index (χ1v) is 8.76. The second-order valence-electron chi connectivity index (χ2n) is 6.48. The van der Waals surface area contributed by atoms with Gasteiger partial charge >= 0.3 is 5.97 Å². The number of rotatable bonds is 7. The van der Waals surface area contributed by atoms with Crippen LogP contribution in [0.1, 0.15) is 34.9 Å². The number of esters is 1. The molecule has 0 unspecified atom stereocenters. The number of aromatic nitrogens is 2. The molecule has 1 saturated carbocycles. The van der Waals surface area contributed by atoms with Gasteiger partial charge in [0.2, 0.25) is 5.91 Å². The fourth-order valence-electron chi connectivity index (χ4n) is 2.58. The van der Waals surface area contributed by atoms with Crippen molar-refractivity contribution in [3.63, 3.8) is 0 Å². The maximum absolute atomic E-state index is 12.6. The number of hydrogen-bond acceptors (Lipinski definition) is 5. The molecule has 1 aliphatic carbocycles. The molecule has 0 atom stereocenters. The van der Waals surface area contributed by atoms with Crippen LogP contribution in [0.5, 0.6) is 0 Å². The van der Waals surface area contributed by atoms with Crippen LogP contribution in [0, 0.1) is 0 Å². The molecule has 1 aliphatic rings. The smallest absolute Gasteiger partial charge is 0.357 e. The first kappa shape index (κ1) is 18.6. The summed E-state index contributed by atoms with van der Waals surface area (Å²) >= 11 is 0. The SMILES string of the molecule is CNC(=O)CN(C)C(=O)COC(=O)c1cc(C2CC2)nn1-c1ccccc1. The van der Waals surface area contributed by atoms with Crippen LogP contribution < -0.4 is 5.32 Å². The highest BCUT2D eigenvalue weighted by molar-refractivity contribution is 5.91. The van der Waals surface area contributed by atoms with Gasteiger partial charge in [-0.05, 0) is 31.0 Å². The standard InChI is InChI=1S/C19H22N4O4/c1-20-17(24)11-22(2)18(25)12-27-19(26)16-10-15(13-8-9-13)21-23(16)14-6-4-3-5-7-14/h3-7,10,13H,8-9,11-12H2,1-2H3,(H,20,24). The fraction of sp³-hybridized carbons (Fsp3) is 0.368. The Labute approximate surface area is 157 Å². The Morgan fingerprint density at radius 2 is 1.96 bits per heavy atom. The van der Waals surface area contributed by atoms with Crippen LogP contribution in [-0.4, -0.2) is 59.7 Å². The second kappa shape index (κ2) is 8.03. The lowest BCUT2D eigenvalue weighted by Crippen LogP contribution is -2.39. The lowest BCUT2D eigenvalue weighted by atomic mass is 10.2. The monoisotopic (exact) mass is 370 g/mol. The number of amides is 2. The number of nitrogens with one attached hydrogen (secondary N) is 1. The summed E-state index contributed by atoms with van der Waals surface area (Å²) in [6, 6.07) is 11.0. The number of benzene rings is 1. The van der Waals surface area contributed by atoms with Crippen LogP contribution in [0.3, 0.4) is 0 Å². The summed E-state index contributed by atoms with van der Waals surface area (Å²) in [5.74, 6) is -1.00. The Hall–Kier alpha value is -3.16. The Bertz CT molecular complexity index is 843. The summed E-state index contributed by atoms with van der Waals surface area (Å²) in [4.78, 5) is 37.2. The highest BCUT2D eigenvalue weighted by Gasteiger charge is 2.29. The van der Waals surface area contributed by atoms with Gasteiger partial charge in [0.1, 0.15) is 0 Å². The lowest BCUT2D eigenvalue weighted by molar-refractivity contribution is -0.137. The highest BCUT2D eigenvalue weighted by atomic mass is 16.5. The van der Waals surface area contributed by atoms with Crippen molar-refractivity contribution in [2.24, 2.45) is 0 Å². The van der Waals surface area contributed by atoms with Gasteiger partial charge < -0.3 is 15.0 Å². The number of carbonyl (C=O) groups is 3. The molecule has 27 heavy (non-hydrogen) atoms. The van der Waals surface area contributed by atoms with Crippen LogP contribution >= 0.6 is 0 Å². The Morgan fingerprint density at radius 1 is 1.26 bits per heavy atom. The van der Waals surface area contributed by atoms with Crippen LogP contribution in [-0.2, 0) is 14.3 Å². The van der Waals surface area contributed by atoms with E-state index in [0.29, 0.717) is 5.92 Å². The van der Waals surface area contributed by atoms with E-state index in [2.05, 4.69) is 10.4 Å². The summed E-state index contributed by atoms with van der Waals surface area (Å²) in [6.45, 7) is -0.536. The predicted molar refractivity (Wildman–Crippen MR) is 97.5 cm³/mol. The minimum absolute atomic E-state index is 0.0966. The van der Waals surface area contributed by atoms with Gasteiger partial charge in [0.15, 0.2) is 12.3 Å². The maximum Gasteiger partial charge on any atom is 0.357 e. The third-order valence-electron chi connectivity index (χ3n) is 4.35. The molecule has 1 N–H and O–H groups in total. The van der Waals surface area contributed by atoms with Gasteiger partial charge in [0, 0.05) is 20.0 Å².